The summed E-state index contributed by atoms with van der Waals surface area (Å²) in [5.41, 5.74) is 5.51. The van der Waals surface area contributed by atoms with Crippen molar-refractivity contribution in [2.45, 2.75) is 34.1 Å². The van der Waals surface area contributed by atoms with E-state index in [0.717, 1.165) is 26.1 Å². The highest BCUT2D eigenvalue weighted by Gasteiger charge is 2.09. The molecule has 0 fully saturated rings. The highest BCUT2D eigenvalue weighted by molar-refractivity contribution is 7.80. The van der Waals surface area contributed by atoms with Crippen LogP contribution in [0, 0.1) is 11.8 Å². The fraction of sp³-hybridized carbons (Fsp3) is 0.909. The summed E-state index contributed by atoms with van der Waals surface area (Å²) in [6.07, 6.45) is 0.842. The Balaban J connectivity index is 3.90. The van der Waals surface area contributed by atoms with Gasteiger partial charge in [-0.05, 0) is 11.8 Å². The third-order valence-electron chi connectivity index (χ3n) is 1.92. The Morgan fingerprint density at radius 2 is 1.57 bits per heavy atom. The van der Waals surface area contributed by atoms with Crippen LogP contribution in [0.3, 0.4) is 0 Å². The molecule has 0 aromatic rings. The lowest BCUT2D eigenvalue weighted by molar-refractivity contribution is 0.225. The zero-order chi connectivity index (χ0) is 11.1. The summed E-state index contributed by atoms with van der Waals surface area (Å²) in [6.45, 7) is 12.3. The molecule has 0 spiro atoms. The molecular weight excluding hydrogens is 192 g/mol. The van der Waals surface area contributed by atoms with Crippen molar-refractivity contribution in [1.29, 1.82) is 0 Å². The molecule has 0 aromatic heterocycles. The van der Waals surface area contributed by atoms with Gasteiger partial charge in [0, 0.05) is 26.1 Å². The average Bonchev–Trinajstić information content (AvgIpc) is 1.97. The van der Waals surface area contributed by atoms with E-state index in [2.05, 4.69) is 32.6 Å². The molecule has 0 amide bonds. The van der Waals surface area contributed by atoms with Crippen molar-refractivity contribution < 1.29 is 0 Å². The van der Waals surface area contributed by atoms with Crippen LogP contribution in [0.4, 0.5) is 0 Å². The molecule has 0 bridgehead atoms. The Morgan fingerprint density at radius 1 is 1.14 bits per heavy atom. The third-order valence-corrected chi connectivity index (χ3v) is 2.13. The van der Waals surface area contributed by atoms with Crippen molar-refractivity contribution in [2.24, 2.45) is 17.6 Å². The fourth-order valence-corrected chi connectivity index (χ4v) is 1.65. The maximum Gasteiger partial charge on any atom is 0.0740 e. The number of nitrogens with two attached hydrogens (primary N) is 1. The molecule has 3 heteroatoms. The topological polar surface area (TPSA) is 29.3 Å². The first kappa shape index (κ1) is 13.8. The molecule has 0 aliphatic heterocycles. The third kappa shape index (κ3) is 8.45. The summed E-state index contributed by atoms with van der Waals surface area (Å²) in [5.74, 6) is 1.42. The minimum Gasteiger partial charge on any atom is -0.393 e. The highest BCUT2D eigenvalue weighted by atomic mass is 32.1. The second-order valence-electron chi connectivity index (χ2n) is 4.76. The predicted octanol–water partition coefficient (Wildman–Crippen LogP) is 2.28. The van der Waals surface area contributed by atoms with E-state index >= 15 is 0 Å². The summed E-state index contributed by atoms with van der Waals surface area (Å²) in [6, 6.07) is 0. The van der Waals surface area contributed by atoms with E-state index in [4.69, 9.17) is 18.0 Å². The number of nitrogens with zero attached hydrogens (tertiary/aromatic N) is 1. The lowest BCUT2D eigenvalue weighted by Gasteiger charge is -2.25. The molecule has 0 atom stereocenters. The Bertz CT molecular complexity index is 157. The van der Waals surface area contributed by atoms with Gasteiger partial charge in [-0.3, -0.25) is 0 Å². The van der Waals surface area contributed by atoms with Gasteiger partial charge < -0.3 is 10.6 Å². The lowest BCUT2D eigenvalue weighted by atomic mass is 10.1. The highest BCUT2D eigenvalue weighted by Crippen LogP contribution is 2.04. The van der Waals surface area contributed by atoms with Gasteiger partial charge in [0.05, 0.1) is 4.99 Å². The van der Waals surface area contributed by atoms with E-state index in [-0.39, 0.29) is 0 Å². The summed E-state index contributed by atoms with van der Waals surface area (Å²) in [7, 11) is 0. The van der Waals surface area contributed by atoms with Crippen LogP contribution in [0.2, 0.25) is 0 Å². The smallest absolute Gasteiger partial charge is 0.0740 e. The zero-order valence-corrected chi connectivity index (χ0v) is 10.7. The van der Waals surface area contributed by atoms with Gasteiger partial charge in [-0.25, -0.2) is 0 Å². The first-order chi connectivity index (χ1) is 6.41. The molecule has 0 aromatic carbocycles. The van der Waals surface area contributed by atoms with Crippen LogP contribution in [-0.4, -0.2) is 29.5 Å². The molecule has 0 saturated carbocycles. The summed E-state index contributed by atoms with van der Waals surface area (Å²) in [4.78, 5) is 3.08. The van der Waals surface area contributed by atoms with Gasteiger partial charge >= 0.3 is 0 Å². The van der Waals surface area contributed by atoms with Crippen LogP contribution in [0.1, 0.15) is 34.1 Å². The Kier molecular flexibility index (Phi) is 7.11. The van der Waals surface area contributed by atoms with E-state index in [1.165, 1.54) is 0 Å². The molecule has 0 aliphatic rings. The Labute approximate surface area is 93.8 Å². The van der Waals surface area contributed by atoms with Crippen LogP contribution in [-0.2, 0) is 0 Å². The van der Waals surface area contributed by atoms with Crippen molar-refractivity contribution in [3.05, 3.63) is 0 Å². The Hall–Kier alpha value is -0.150. The second-order valence-corrected chi connectivity index (χ2v) is 5.29. The SMILES string of the molecule is CC(C)CN(CCC(N)=S)CC(C)C. The van der Waals surface area contributed by atoms with E-state index in [1.807, 2.05) is 0 Å². The maximum atomic E-state index is 5.51. The second kappa shape index (κ2) is 7.18. The number of rotatable bonds is 7. The normalized spacial score (nSPS) is 11.6. The van der Waals surface area contributed by atoms with Gasteiger partial charge in [0.15, 0.2) is 0 Å². The number of hydrogen-bond donors (Lipinski definition) is 1. The molecular formula is C11H24N2S. The minimum atomic E-state index is 0.627. The van der Waals surface area contributed by atoms with E-state index in [0.29, 0.717) is 16.8 Å². The Morgan fingerprint density at radius 3 is 1.86 bits per heavy atom. The molecule has 2 N–H and O–H groups in total. The van der Waals surface area contributed by atoms with Crippen LogP contribution in [0.5, 0.6) is 0 Å². The standard InChI is InChI=1S/C11H24N2S/c1-9(2)7-13(8-10(3)4)6-5-11(12)14/h9-10H,5-8H2,1-4H3,(H2,12,14). The molecule has 0 saturated heterocycles. The van der Waals surface area contributed by atoms with Crippen LogP contribution < -0.4 is 5.73 Å². The van der Waals surface area contributed by atoms with Crippen molar-refractivity contribution >= 4 is 17.2 Å². The molecule has 84 valence electrons. The van der Waals surface area contributed by atoms with Crippen molar-refractivity contribution in [3.8, 4) is 0 Å². The molecule has 2 nitrogen and oxygen atoms in total. The molecule has 0 rings (SSSR count). The predicted molar refractivity (Wildman–Crippen MR) is 67.5 cm³/mol. The summed E-state index contributed by atoms with van der Waals surface area (Å²) < 4.78 is 0. The van der Waals surface area contributed by atoms with Crippen molar-refractivity contribution in [2.75, 3.05) is 19.6 Å². The van der Waals surface area contributed by atoms with Gasteiger partial charge in [0.1, 0.15) is 0 Å². The largest absolute Gasteiger partial charge is 0.393 e. The summed E-state index contributed by atoms with van der Waals surface area (Å²) >= 11 is 4.89. The van der Waals surface area contributed by atoms with Gasteiger partial charge in [0.25, 0.3) is 0 Å². The van der Waals surface area contributed by atoms with E-state index in [9.17, 15) is 0 Å². The lowest BCUT2D eigenvalue weighted by Crippen LogP contribution is -2.33. The zero-order valence-electron chi connectivity index (χ0n) is 9.92. The first-order valence-electron chi connectivity index (χ1n) is 5.42. The number of thiocarbonyl (C=S) groups is 1. The first-order valence-corrected chi connectivity index (χ1v) is 5.83. The minimum absolute atomic E-state index is 0.627. The maximum absolute atomic E-state index is 5.51. The molecule has 0 heterocycles. The van der Waals surface area contributed by atoms with Crippen molar-refractivity contribution in [1.82, 2.24) is 4.90 Å². The molecule has 0 radical (unpaired) electrons. The fourth-order valence-electron chi connectivity index (χ4n) is 1.56. The van der Waals surface area contributed by atoms with Gasteiger partial charge in [0.2, 0.25) is 0 Å². The van der Waals surface area contributed by atoms with Gasteiger partial charge in [-0.15, -0.1) is 0 Å². The molecule has 14 heavy (non-hydrogen) atoms. The van der Waals surface area contributed by atoms with Crippen LogP contribution in [0.15, 0.2) is 0 Å². The quantitative estimate of drug-likeness (QED) is 0.662. The molecule has 0 unspecified atom stereocenters. The average molecular weight is 216 g/mol. The van der Waals surface area contributed by atoms with Gasteiger partial charge in [-0.1, -0.05) is 39.9 Å². The molecule has 0 aliphatic carbocycles. The number of hydrogen-bond acceptors (Lipinski definition) is 2. The van der Waals surface area contributed by atoms with Crippen molar-refractivity contribution in [3.63, 3.8) is 0 Å². The van der Waals surface area contributed by atoms with Gasteiger partial charge in [-0.2, -0.15) is 0 Å². The van der Waals surface area contributed by atoms with Crippen LogP contribution in [0.25, 0.3) is 0 Å². The van der Waals surface area contributed by atoms with E-state index < -0.39 is 0 Å². The van der Waals surface area contributed by atoms with Crippen LogP contribution >= 0.6 is 12.2 Å². The monoisotopic (exact) mass is 216 g/mol. The van der Waals surface area contributed by atoms with E-state index in [1.54, 1.807) is 0 Å². The summed E-state index contributed by atoms with van der Waals surface area (Å²) in [5, 5.41) is 0.